The van der Waals surface area contributed by atoms with Crippen molar-refractivity contribution in [2.45, 2.75) is 12.1 Å². The number of morpholine rings is 1. The van der Waals surface area contributed by atoms with Gasteiger partial charge >= 0.3 is 0 Å². The summed E-state index contributed by atoms with van der Waals surface area (Å²) < 4.78 is 13.3. The van der Waals surface area contributed by atoms with Crippen LogP contribution in [-0.4, -0.2) is 72.9 Å². The van der Waals surface area contributed by atoms with E-state index < -0.39 is 0 Å². The van der Waals surface area contributed by atoms with Crippen LogP contribution in [0.1, 0.15) is 23.5 Å². The fourth-order valence-corrected chi connectivity index (χ4v) is 3.19. The lowest BCUT2D eigenvalue weighted by molar-refractivity contribution is -0.00812. The molecule has 0 aromatic carbocycles. The Bertz CT molecular complexity index is 715. The maximum absolute atomic E-state index is 5.92. The monoisotopic (exact) mass is 488 g/mol. The van der Waals surface area contributed by atoms with E-state index in [0.29, 0.717) is 13.2 Å². The number of hydrogen-bond acceptors (Lipinski definition) is 5. The van der Waals surface area contributed by atoms with Gasteiger partial charge in [0.1, 0.15) is 11.9 Å². The summed E-state index contributed by atoms with van der Waals surface area (Å²) in [6.45, 7) is 2.93. The number of aryl methyl sites for hydroxylation is 1. The minimum Gasteiger partial charge on any atom is -0.468 e. The van der Waals surface area contributed by atoms with Crippen LogP contribution in [-0.2, 0) is 11.8 Å². The minimum absolute atomic E-state index is 0. The molecule has 1 N–H and O–H groups in total. The molecular weight excluding hydrogens is 459 g/mol. The molecular formula is C18H29IN6O2. The highest BCUT2D eigenvalue weighted by Crippen LogP contribution is 2.22. The number of hydrogen-bond donors (Lipinski definition) is 1. The summed E-state index contributed by atoms with van der Waals surface area (Å²) in [6.07, 6.45) is 5.58. The Morgan fingerprint density at radius 2 is 2.30 bits per heavy atom. The fraction of sp³-hybridized carbons (Fsp3) is 0.556. The van der Waals surface area contributed by atoms with E-state index >= 15 is 0 Å². The average Bonchev–Trinajstić information content (AvgIpc) is 3.30. The summed E-state index contributed by atoms with van der Waals surface area (Å²) in [5.74, 6) is 1.81. The third-order valence-corrected chi connectivity index (χ3v) is 4.62. The van der Waals surface area contributed by atoms with Gasteiger partial charge in [0.15, 0.2) is 5.96 Å². The maximum Gasteiger partial charge on any atom is 0.193 e. The molecule has 8 nitrogen and oxygen atoms in total. The summed E-state index contributed by atoms with van der Waals surface area (Å²) >= 11 is 0. The Labute approximate surface area is 177 Å². The molecule has 3 rings (SSSR count). The first-order valence-electron chi connectivity index (χ1n) is 8.84. The first kappa shape index (κ1) is 21.7. The quantitative estimate of drug-likeness (QED) is 0.394. The number of likely N-dealkylation sites (N-methyl/N-ethyl adjacent to an activating group) is 1. The first-order valence-corrected chi connectivity index (χ1v) is 8.84. The Balaban J connectivity index is 0.00000261. The molecule has 0 saturated carbocycles. The third-order valence-electron chi connectivity index (χ3n) is 4.62. The van der Waals surface area contributed by atoms with Gasteiger partial charge in [0.05, 0.1) is 31.7 Å². The third kappa shape index (κ3) is 5.45. The Morgan fingerprint density at radius 3 is 2.89 bits per heavy atom. The second kappa shape index (κ2) is 10.1. The summed E-state index contributed by atoms with van der Waals surface area (Å²) in [5.41, 5.74) is 1.09. The second-order valence-corrected chi connectivity index (χ2v) is 6.68. The van der Waals surface area contributed by atoms with Gasteiger partial charge in [-0.25, -0.2) is 0 Å². The Morgan fingerprint density at radius 1 is 1.48 bits per heavy atom. The Hall–Kier alpha value is -1.59. The number of nitrogens with zero attached hydrogens (tertiary/aromatic N) is 5. The van der Waals surface area contributed by atoms with Crippen molar-refractivity contribution in [2.24, 2.45) is 12.0 Å². The number of furan rings is 1. The Kier molecular flexibility index (Phi) is 8.11. The first-order chi connectivity index (χ1) is 12.6. The second-order valence-electron chi connectivity index (χ2n) is 6.68. The van der Waals surface area contributed by atoms with Crippen LogP contribution in [0.15, 0.2) is 40.2 Å². The van der Waals surface area contributed by atoms with Gasteiger partial charge in [0.25, 0.3) is 0 Å². The lowest BCUT2D eigenvalue weighted by Crippen LogP contribution is -2.49. The van der Waals surface area contributed by atoms with Gasteiger partial charge < -0.3 is 19.4 Å². The van der Waals surface area contributed by atoms with Crippen LogP contribution >= 0.6 is 24.0 Å². The van der Waals surface area contributed by atoms with Crippen molar-refractivity contribution in [3.63, 3.8) is 0 Å². The van der Waals surface area contributed by atoms with Crippen LogP contribution in [0, 0.1) is 0 Å². The van der Waals surface area contributed by atoms with Gasteiger partial charge in [0.2, 0.25) is 0 Å². The van der Waals surface area contributed by atoms with E-state index in [1.807, 2.05) is 52.7 Å². The van der Waals surface area contributed by atoms with Crippen LogP contribution < -0.4 is 5.32 Å². The van der Waals surface area contributed by atoms with Gasteiger partial charge in [-0.3, -0.25) is 14.6 Å². The molecule has 2 unspecified atom stereocenters. The van der Waals surface area contributed by atoms with E-state index in [4.69, 9.17) is 9.15 Å². The van der Waals surface area contributed by atoms with Crippen molar-refractivity contribution in [3.8, 4) is 0 Å². The number of aliphatic imine (C=N–C) groups is 1. The van der Waals surface area contributed by atoms with Crippen molar-refractivity contribution < 1.29 is 9.15 Å². The normalized spacial score (nSPS) is 19.1. The number of nitrogens with one attached hydrogen (secondary N) is 1. The smallest absolute Gasteiger partial charge is 0.193 e. The molecule has 1 saturated heterocycles. The van der Waals surface area contributed by atoms with E-state index in [0.717, 1.165) is 30.4 Å². The van der Waals surface area contributed by atoms with Crippen molar-refractivity contribution in [3.05, 3.63) is 42.1 Å². The SMILES string of the molecule is CN=C(NCC(c1ccco1)N(C)C)N1CCOC(c2cnn(C)c2)C1.I. The molecule has 0 bridgehead atoms. The van der Waals surface area contributed by atoms with Crippen molar-refractivity contribution in [2.75, 3.05) is 47.4 Å². The van der Waals surface area contributed by atoms with Crippen molar-refractivity contribution >= 4 is 29.9 Å². The summed E-state index contributed by atoms with van der Waals surface area (Å²) in [7, 11) is 7.82. The molecule has 1 fully saturated rings. The van der Waals surface area contributed by atoms with Crippen molar-refractivity contribution in [1.29, 1.82) is 0 Å². The van der Waals surface area contributed by atoms with E-state index in [2.05, 4.69) is 25.2 Å². The molecule has 0 amide bonds. The van der Waals surface area contributed by atoms with Gasteiger partial charge in [-0.2, -0.15) is 5.10 Å². The lowest BCUT2D eigenvalue weighted by Gasteiger charge is -2.35. The van der Waals surface area contributed by atoms with Crippen LogP contribution in [0.5, 0.6) is 0 Å². The molecule has 2 aromatic heterocycles. The highest BCUT2D eigenvalue weighted by molar-refractivity contribution is 14.0. The average molecular weight is 488 g/mol. The molecule has 0 radical (unpaired) electrons. The topological polar surface area (TPSA) is 71.1 Å². The molecule has 1 aliphatic heterocycles. The summed E-state index contributed by atoms with van der Waals surface area (Å²) in [6, 6.07) is 4.06. The molecule has 27 heavy (non-hydrogen) atoms. The highest BCUT2D eigenvalue weighted by Gasteiger charge is 2.26. The largest absolute Gasteiger partial charge is 0.468 e. The van der Waals surface area contributed by atoms with E-state index in [1.165, 1.54) is 0 Å². The molecule has 0 aliphatic carbocycles. The predicted octanol–water partition coefficient (Wildman–Crippen LogP) is 1.88. The minimum atomic E-state index is 0. The van der Waals surface area contributed by atoms with E-state index in [-0.39, 0.29) is 36.1 Å². The standard InChI is InChI=1S/C18H28N6O2.HI/c1-19-18(20-11-15(22(2)3)16-6-5-8-25-16)24-7-9-26-17(13-24)14-10-21-23(4)12-14;/h5-6,8,10,12,15,17H,7,9,11,13H2,1-4H3,(H,19,20);1H. The zero-order valence-corrected chi connectivity index (χ0v) is 18.7. The van der Waals surface area contributed by atoms with Gasteiger partial charge in [0, 0.05) is 38.9 Å². The number of halogens is 1. The van der Waals surface area contributed by atoms with Crippen LogP contribution in [0.2, 0.25) is 0 Å². The molecule has 1 aliphatic rings. The molecule has 0 spiro atoms. The zero-order valence-electron chi connectivity index (χ0n) is 16.3. The van der Waals surface area contributed by atoms with E-state index in [1.54, 1.807) is 10.9 Å². The lowest BCUT2D eigenvalue weighted by atomic mass is 10.1. The molecule has 9 heteroatoms. The molecule has 2 atom stereocenters. The number of rotatable bonds is 5. The van der Waals surface area contributed by atoms with Crippen LogP contribution in [0.3, 0.4) is 0 Å². The number of guanidine groups is 1. The highest BCUT2D eigenvalue weighted by atomic mass is 127. The number of aromatic nitrogens is 2. The molecule has 2 aromatic rings. The van der Waals surface area contributed by atoms with E-state index in [9.17, 15) is 0 Å². The fourth-order valence-electron chi connectivity index (χ4n) is 3.19. The summed E-state index contributed by atoms with van der Waals surface area (Å²) in [5, 5.41) is 7.73. The van der Waals surface area contributed by atoms with Gasteiger partial charge in [-0.15, -0.1) is 24.0 Å². The predicted molar refractivity (Wildman–Crippen MR) is 115 cm³/mol. The van der Waals surface area contributed by atoms with Crippen molar-refractivity contribution in [1.82, 2.24) is 24.9 Å². The van der Waals surface area contributed by atoms with Crippen LogP contribution in [0.25, 0.3) is 0 Å². The van der Waals surface area contributed by atoms with Gasteiger partial charge in [-0.1, -0.05) is 0 Å². The zero-order chi connectivity index (χ0) is 18.5. The number of ether oxygens (including phenoxy) is 1. The maximum atomic E-state index is 5.92. The van der Waals surface area contributed by atoms with Gasteiger partial charge in [-0.05, 0) is 26.2 Å². The van der Waals surface area contributed by atoms with Crippen LogP contribution in [0.4, 0.5) is 0 Å². The molecule has 3 heterocycles. The summed E-state index contributed by atoms with van der Waals surface area (Å²) in [4.78, 5) is 8.83. The molecule has 150 valence electrons.